The first kappa shape index (κ1) is 14.6. The van der Waals surface area contributed by atoms with Gasteiger partial charge >= 0.3 is 0 Å². The van der Waals surface area contributed by atoms with E-state index in [0.29, 0.717) is 17.7 Å². The van der Waals surface area contributed by atoms with E-state index in [1.807, 2.05) is 0 Å². The zero-order chi connectivity index (χ0) is 13.7. The minimum absolute atomic E-state index is 0.0188. The SMILES string of the molecule is Cc1c(C(=O)N(C)CCCBr)cccc1[N+](=O)[O-]. The van der Waals surface area contributed by atoms with E-state index in [9.17, 15) is 14.9 Å². The van der Waals surface area contributed by atoms with Crippen molar-refractivity contribution in [1.82, 2.24) is 4.90 Å². The highest BCUT2D eigenvalue weighted by Gasteiger charge is 2.19. The number of halogens is 1. The van der Waals surface area contributed by atoms with Gasteiger partial charge in [0.05, 0.1) is 4.92 Å². The van der Waals surface area contributed by atoms with Crippen molar-refractivity contribution in [2.45, 2.75) is 13.3 Å². The van der Waals surface area contributed by atoms with Gasteiger partial charge in [0.25, 0.3) is 11.6 Å². The van der Waals surface area contributed by atoms with Crippen molar-refractivity contribution in [1.29, 1.82) is 0 Å². The summed E-state index contributed by atoms with van der Waals surface area (Å²) in [6.45, 7) is 2.22. The molecular weight excluding hydrogens is 300 g/mol. The van der Waals surface area contributed by atoms with E-state index in [1.54, 1.807) is 24.9 Å². The van der Waals surface area contributed by atoms with Gasteiger partial charge in [-0.15, -0.1) is 0 Å². The molecule has 1 amide bonds. The van der Waals surface area contributed by atoms with E-state index < -0.39 is 4.92 Å². The predicted octanol–water partition coefficient (Wildman–Crippen LogP) is 2.76. The molecule has 0 aromatic heterocycles. The summed E-state index contributed by atoms with van der Waals surface area (Å²) >= 11 is 3.30. The van der Waals surface area contributed by atoms with Gasteiger partial charge in [-0.3, -0.25) is 14.9 Å². The van der Waals surface area contributed by atoms with Gasteiger partial charge in [0.1, 0.15) is 0 Å². The Balaban J connectivity index is 2.99. The summed E-state index contributed by atoms with van der Waals surface area (Å²) < 4.78 is 0. The maximum atomic E-state index is 12.1. The molecule has 1 rings (SSSR count). The van der Waals surface area contributed by atoms with Crippen LogP contribution in [0.5, 0.6) is 0 Å². The molecule has 0 saturated carbocycles. The molecule has 0 heterocycles. The molecule has 1 aromatic carbocycles. The van der Waals surface area contributed by atoms with Crippen LogP contribution in [-0.2, 0) is 0 Å². The molecule has 0 bridgehead atoms. The molecule has 0 aliphatic rings. The number of hydrogen-bond donors (Lipinski definition) is 0. The Hall–Kier alpha value is -1.43. The standard InChI is InChI=1S/C12H15BrN2O3/c1-9-10(5-3-6-11(9)15(17)18)12(16)14(2)8-4-7-13/h3,5-6H,4,7-8H2,1-2H3. The third kappa shape index (κ3) is 3.29. The number of nitro groups is 1. The molecule has 0 saturated heterocycles. The summed E-state index contributed by atoms with van der Waals surface area (Å²) in [5.41, 5.74) is 0.786. The minimum Gasteiger partial charge on any atom is -0.342 e. The Labute approximate surface area is 114 Å². The van der Waals surface area contributed by atoms with E-state index in [1.165, 1.54) is 12.1 Å². The highest BCUT2D eigenvalue weighted by molar-refractivity contribution is 9.09. The molecule has 0 atom stereocenters. The Morgan fingerprint density at radius 1 is 1.50 bits per heavy atom. The number of rotatable bonds is 5. The van der Waals surface area contributed by atoms with Crippen LogP contribution in [0.2, 0.25) is 0 Å². The first-order valence-electron chi connectivity index (χ1n) is 5.54. The number of alkyl halides is 1. The number of benzene rings is 1. The van der Waals surface area contributed by atoms with Crippen molar-refractivity contribution in [2.75, 3.05) is 18.9 Å². The first-order valence-corrected chi connectivity index (χ1v) is 6.66. The second-order valence-electron chi connectivity index (χ2n) is 3.98. The Morgan fingerprint density at radius 3 is 2.72 bits per heavy atom. The van der Waals surface area contributed by atoms with E-state index in [0.717, 1.165) is 11.8 Å². The Bertz CT molecular complexity index is 463. The third-order valence-electron chi connectivity index (χ3n) is 2.71. The molecule has 0 N–H and O–H groups in total. The van der Waals surface area contributed by atoms with Crippen LogP contribution in [0.3, 0.4) is 0 Å². The first-order chi connectivity index (χ1) is 8.49. The van der Waals surface area contributed by atoms with Gasteiger partial charge < -0.3 is 4.90 Å². The fraction of sp³-hybridized carbons (Fsp3) is 0.417. The highest BCUT2D eigenvalue weighted by Crippen LogP contribution is 2.22. The van der Waals surface area contributed by atoms with Crippen LogP contribution >= 0.6 is 15.9 Å². The van der Waals surface area contributed by atoms with Crippen LogP contribution in [0, 0.1) is 17.0 Å². The lowest BCUT2D eigenvalue weighted by Gasteiger charge is -2.17. The topological polar surface area (TPSA) is 63.5 Å². The lowest BCUT2D eigenvalue weighted by Crippen LogP contribution is -2.28. The molecule has 6 heteroatoms. The highest BCUT2D eigenvalue weighted by atomic mass is 79.9. The number of hydrogen-bond acceptors (Lipinski definition) is 3. The smallest absolute Gasteiger partial charge is 0.273 e. The van der Waals surface area contributed by atoms with Crippen molar-refractivity contribution in [3.8, 4) is 0 Å². The molecule has 0 unspecified atom stereocenters. The maximum Gasteiger partial charge on any atom is 0.273 e. The van der Waals surface area contributed by atoms with Crippen molar-refractivity contribution in [2.24, 2.45) is 0 Å². The second kappa shape index (κ2) is 6.49. The van der Waals surface area contributed by atoms with Crippen LogP contribution in [0.25, 0.3) is 0 Å². The van der Waals surface area contributed by atoms with Crippen molar-refractivity contribution in [3.63, 3.8) is 0 Å². The molecule has 5 nitrogen and oxygen atoms in total. The average molecular weight is 315 g/mol. The van der Waals surface area contributed by atoms with Crippen LogP contribution < -0.4 is 0 Å². The second-order valence-corrected chi connectivity index (χ2v) is 4.77. The number of amides is 1. The molecule has 0 fully saturated rings. The lowest BCUT2D eigenvalue weighted by molar-refractivity contribution is -0.385. The zero-order valence-electron chi connectivity index (χ0n) is 10.4. The molecular formula is C12H15BrN2O3. The van der Waals surface area contributed by atoms with Gasteiger partial charge in [-0.25, -0.2) is 0 Å². The van der Waals surface area contributed by atoms with E-state index in [-0.39, 0.29) is 11.6 Å². The molecule has 98 valence electrons. The molecule has 0 aliphatic carbocycles. The summed E-state index contributed by atoms with van der Waals surface area (Å²) in [4.78, 5) is 24.1. The van der Waals surface area contributed by atoms with Crippen LogP contribution in [0.4, 0.5) is 5.69 Å². The molecule has 0 radical (unpaired) electrons. The van der Waals surface area contributed by atoms with E-state index in [2.05, 4.69) is 15.9 Å². The predicted molar refractivity (Wildman–Crippen MR) is 73.2 cm³/mol. The normalized spacial score (nSPS) is 10.2. The number of carbonyl (C=O) groups is 1. The monoisotopic (exact) mass is 314 g/mol. The van der Waals surface area contributed by atoms with Crippen molar-refractivity contribution >= 4 is 27.5 Å². The van der Waals surface area contributed by atoms with Crippen molar-refractivity contribution < 1.29 is 9.72 Å². The fourth-order valence-electron chi connectivity index (χ4n) is 1.66. The number of nitro benzene ring substituents is 1. The fourth-order valence-corrected chi connectivity index (χ4v) is 1.91. The van der Waals surface area contributed by atoms with Crippen LogP contribution in [-0.4, -0.2) is 34.7 Å². The summed E-state index contributed by atoms with van der Waals surface area (Å²) in [7, 11) is 1.70. The summed E-state index contributed by atoms with van der Waals surface area (Å²) in [5.74, 6) is -0.183. The van der Waals surface area contributed by atoms with Gasteiger partial charge in [0.2, 0.25) is 0 Å². The van der Waals surface area contributed by atoms with Gasteiger partial charge in [0, 0.05) is 36.1 Å². The van der Waals surface area contributed by atoms with Gasteiger partial charge in [0.15, 0.2) is 0 Å². The average Bonchev–Trinajstić information content (AvgIpc) is 2.35. The lowest BCUT2D eigenvalue weighted by atomic mass is 10.1. The molecule has 1 aromatic rings. The maximum absolute atomic E-state index is 12.1. The summed E-state index contributed by atoms with van der Waals surface area (Å²) in [6, 6.07) is 4.57. The number of nitrogens with zero attached hydrogens (tertiary/aromatic N) is 2. The Morgan fingerprint density at radius 2 is 2.17 bits per heavy atom. The van der Waals surface area contributed by atoms with Crippen LogP contribution in [0.1, 0.15) is 22.3 Å². The summed E-state index contributed by atoms with van der Waals surface area (Å²) in [5, 5.41) is 11.6. The van der Waals surface area contributed by atoms with Crippen molar-refractivity contribution in [3.05, 3.63) is 39.4 Å². The minimum atomic E-state index is -0.468. The van der Waals surface area contributed by atoms with E-state index >= 15 is 0 Å². The molecule has 18 heavy (non-hydrogen) atoms. The number of carbonyl (C=O) groups excluding carboxylic acids is 1. The third-order valence-corrected chi connectivity index (χ3v) is 3.27. The van der Waals surface area contributed by atoms with Crippen LogP contribution in [0.15, 0.2) is 18.2 Å². The zero-order valence-corrected chi connectivity index (χ0v) is 11.9. The molecule has 0 spiro atoms. The van der Waals surface area contributed by atoms with Gasteiger partial charge in [-0.1, -0.05) is 22.0 Å². The quantitative estimate of drug-likeness (QED) is 0.477. The van der Waals surface area contributed by atoms with Gasteiger partial charge in [-0.05, 0) is 19.4 Å². The van der Waals surface area contributed by atoms with E-state index in [4.69, 9.17) is 0 Å². The molecule has 0 aliphatic heterocycles. The Kier molecular flexibility index (Phi) is 5.27. The largest absolute Gasteiger partial charge is 0.342 e. The van der Waals surface area contributed by atoms with Gasteiger partial charge in [-0.2, -0.15) is 0 Å². The summed E-state index contributed by atoms with van der Waals surface area (Å²) in [6.07, 6.45) is 0.843.